The lowest BCUT2D eigenvalue weighted by Gasteiger charge is -2.02. The Morgan fingerprint density at radius 3 is 2.52 bits per heavy atom. The lowest BCUT2D eigenvalue weighted by atomic mass is 10.1. The van der Waals surface area contributed by atoms with Crippen LogP contribution in [-0.2, 0) is 17.8 Å². The fourth-order valence-corrected chi connectivity index (χ4v) is 3.12. The Morgan fingerprint density at radius 2 is 2.00 bits per heavy atom. The number of aromatic nitrogens is 1. The van der Waals surface area contributed by atoms with E-state index in [4.69, 9.17) is 17.3 Å². The zero-order valence-electron chi connectivity index (χ0n) is 10.6. The third-order valence-corrected chi connectivity index (χ3v) is 4.18. The van der Waals surface area contributed by atoms with Gasteiger partial charge in [-0.1, -0.05) is 12.1 Å². The molecule has 0 aliphatic heterocycles. The van der Waals surface area contributed by atoms with Gasteiger partial charge in [0.05, 0.1) is 9.80 Å². The number of aromatic hydroxyl groups is 1. The first-order valence-electron chi connectivity index (χ1n) is 5.75. The number of rotatable bonds is 5. The van der Waals surface area contributed by atoms with Gasteiger partial charge in [0, 0.05) is 18.6 Å². The summed E-state index contributed by atoms with van der Waals surface area (Å²) in [5.74, 6) is -1.27. The van der Waals surface area contributed by atoms with Gasteiger partial charge in [-0.25, -0.2) is 0 Å². The van der Waals surface area contributed by atoms with Crippen molar-refractivity contribution in [3.8, 4) is 5.88 Å². The molecule has 0 aliphatic carbocycles. The molecule has 0 atom stereocenters. The maximum Gasteiger partial charge on any atom is 0.323 e. The number of nitrogens with zero attached hydrogens (tertiary/aromatic N) is 2. The lowest BCUT2D eigenvalue weighted by molar-refractivity contribution is -0.384. The highest BCUT2D eigenvalue weighted by Crippen LogP contribution is 2.28. The molecule has 1 aromatic carbocycles. The smallest absolute Gasteiger partial charge is 0.323 e. The number of carbonyl (C=O) groups is 1. The quantitative estimate of drug-likeness (QED) is 0.497. The summed E-state index contributed by atoms with van der Waals surface area (Å²) in [5, 5.41) is 29.3. The molecule has 0 radical (unpaired) electrons. The molecule has 9 heteroatoms. The van der Waals surface area contributed by atoms with Crippen LogP contribution in [0.15, 0.2) is 24.3 Å². The Bertz CT molecular complexity index is 748. The highest BCUT2D eigenvalue weighted by molar-refractivity contribution is 7.73. The molecule has 2 N–H and O–H groups in total. The number of carboxylic acids is 1. The Kier molecular flexibility index (Phi) is 4.34. The fraction of sp³-hybridized carbons (Fsp3) is 0.167. The second-order valence-electron chi connectivity index (χ2n) is 4.19. The zero-order chi connectivity index (χ0) is 15.6. The van der Waals surface area contributed by atoms with E-state index in [0.717, 1.165) is 21.5 Å². The molecule has 2 aromatic rings. The van der Waals surface area contributed by atoms with Gasteiger partial charge in [-0.3, -0.25) is 19.5 Å². The molecule has 0 saturated carbocycles. The minimum absolute atomic E-state index is 0.0148. The fourth-order valence-electron chi connectivity index (χ4n) is 1.75. The summed E-state index contributed by atoms with van der Waals surface area (Å²) in [4.78, 5) is 21.3. The standard InChI is InChI=1S/C12H10N2O5S2/c15-10(16)6-13-11(17)9(21-12(13)20)5-7-1-3-8(4-2-7)14(18)19/h1-4,17H,5-6H2,(H,15,16). The second-order valence-corrected chi connectivity index (χ2v) is 5.92. The predicted molar refractivity (Wildman–Crippen MR) is 78.3 cm³/mol. The van der Waals surface area contributed by atoms with Crippen LogP contribution in [0.5, 0.6) is 5.88 Å². The minimum Gasteiger partial charge on any atom is -0.494 e. The van der Waals surface area contributed by atoms with Gasteiger partial charge >= 0.3 is 5.97 Å². The van der Waals surface area contributed by atoms with Crippen molar-refractivity contribution >= 4 is 35.2 Å². The average Bonchev–Trinajstić information content (AvgIpc) is 2.67. The van der Waals surface area contributed by atoms with Crippen molar-refractivity contribution < 1.29 is 19.9 Å². The number of nitro benzene ring substituents is 1. The summed E-state index contributed by atoms with van der Waals surface area (Å²) in [5.41, 5.74) is 0.744. The third kappa shape index (κ3) is 3.44. The molecule has 0 bridgehead atoms. The first-order valence-corrected chi connectivity index (χ1v) is 6.97. The summed E-state index contributed by atoms with van der Waals surface area (Å²) >= 11 is 6.14. The van der Waals surface area contributed by atoms with Gasteiger partial charge in [-0.15, -0.1) is 11.3 Å². The monoisotopic (exact) mass is 326 g/mol. The van der Waals surface area contributed by atoms with E-state index in [2.05, 4.69) is 0 Å². The number of thiazole rings is 1. The largest absolute Gasteiger partial charge is 0.494 e. The van der Waals surface area contributed by atoms with Crippen LogP contribution >= 0.6 is 23.6 Å². The molecule has 1 aromatic heterocycles. The third-order valence-electron chi connectivity index (χ3n) is 2.74. The number of hydrogen-bond acceptors (Lipinski definition) is 6. The molecule has 1 heterocycles. The highest BCUT2D eigenvalue weighted by atomic mass is 32.1. The van der Waals surface area contributed by atoms with Crippen molar-refractivity contribution in [3.63, 3.8) is 0 Å². The van der Waals surface area contributed by atoms with Crippen molar-refractivity contribution in [1.82, 2.24) is 4.57 Å². The average molecular weight is 326 g/mol. The topological polar surface area (TPSA) is 106 Å². The number of aliphatic carboxylic acids is 1. The molecule has 0 saturated heterocycles. The highest BCUT2D eigenvalue weighted by Gasteiger charge is 2.15. The van der Waals surface area contributed by atoms with Gasteiger partial charge in [0.1, 0.15) is 6.54 Å². The molecule has 0 spiro atoms. The predicted octanol–water partition coefficient (Wildman–Crippen LogP) is 2.57. The maximum atomic E-state index is 10.7. The molecule has 21 heavy (non-hydrogen) atoms. The number of benzene rings is 1. The molecular weight excluding hydrogens is 316 g/mol. The van der Waals surface area contributed by atoms with Crippen LogP contribution in [0.25, 0.3) is 0 Å². The Morgan fingerprint density at radius 1 is 1.38 bits per heavy atom. The van der Waals surface area contributed by atoms with Crippen LogP contribution in [0.3, 0.4) is 0 Å². The van der Waals surface area contributed by atoms with E-state index in [9.17, 15) is 20.0 Å². The van der Waals surface area contributed by atoms with Crippen LogP contribution < -0.4 is 0 Å². The van der Waals surface area contributed by atoms with E-state index in [0.29, 0.717) is 11.3 Å². The molecule has 2 rings (SSSR count). The van der Waals surface area contributed by atoms with Crippen molar-refractivity contribution in [2.45, 2.75) is 13.0 Å². The van der Waals surface area contributed by atoms with E-state index in [1.54, 1.807) is 12.1 Å². The lowest BCUT2D eigenvalue weighted by Crippen LogP contribution is -2.08. The van der Waals surface area contributed by atoms with Crippen LogP contribution in [0.2, 0.25) is 0 Å². The van der Waals surface area contributed by atoms with Gasteiger partial charge in [0.25, 0.3) is 5.69 Å². The molecular formula is C12H10N2O5S2. The number of non-ortho nitro benzene ring substituents is 1. The Labute approximate surface area is 127 Å². The van der Waals surface area contributed by atoms with Gasteiger partial charge in [0.15, 0.2) is 3.95 Å². The van der Waals surface area contributed by atoms with Crippen LogP contribution in [-0.4, -0.2) is 25.7 Å². The van der Waals surface area contributed by atoms with Crippen LogP contribution in [0.1, 0.15) is 10.4 Å². The Balaban J connectivity index is 2.25. The van der Waals surface area contributed by atoms with Crippen molar-refractivity contribution in [2.24, 2.45) is 0 Å². The summed E-state index contributed by atoms with van der Waals surface area (Å²) in [7, 11) is 0. The van der Waals surface area contributed by atoms with E-state index in [-0.39, 0.29) is 15.5 Å². The van der Waals surface area contributed by atoms with Crippen molar-refractivity contribution in [1.29, 1.82) is 0 Å². The van der Waals surface area contributed by atoms with Gasteiger partial charge in [0.2, 0.25) is 5.88 Å². The SMILES string of the molecule is O=C(O)Cn1c(O)c(Cc2ccc([N+](=O)[O-])cc2)sc1=S. The van der Waals surface area contributed by atoms with Crippen molar-refractivity contribution in [3.05, 3.63) is 48.8 Å². The molecule has 110 valence electrons. The number of hydrogen-bond donors (Lipinski definition) is 2. The second kappa shape index (κ2) is 6.02. The Hall–Kier alpha value is -2.26. The normalized spacial score (nSPS) is 10.5. The molecule has 0 amide bonds. The summed E-state index contributed by atoms with van der Waals surface area (Å²) < 4.78 is 1.41. The maximum absolute atomic E-state index is 10.7. The first kappa shape index (κ1) is 15.1. The zero-order valence-corrected chi connectivity index (χ0v) is 12.2. The van der Waals surface area contributed by atoms with E-state index in [1.807, 2.05) is 0 Å². The van der Waals surface area contributed by atoms with Crippen LogP contribution in [0.4, 0.5) is 5.69 Å². The summed E-state index contributed by atoms with van der Waals surface area (Å²) in [6, 6.07) is 5.92. The molecule has 0 aliphatic rings. The summed E-state index contributed by atoms with van der Waals surface area (Å²) in [6.07, 6.45) is 0.324. The molecule has 7 nitrogen and oxygen atoms in total. The minimum atomic E-state index is -1.10. The number of nitro groups is 1. The van der Waals surface area contributed by atoms with E-state index < -0.39 is 17.4 Å². The summed E-state index contributed by atoms with van der Waals surface area (Å²) in [6.45, 7) is -0.401. The molecule has 0 unspecified atom stereocenters. The van der Waals surface area contributed by atoms with Gasteiger partial charge < -0.3 is 10.2 Å². The van der Waals surface area contributed by atoms with E-state index in [1.165, 1.54) is 12.1 Å². The number of carboxylic acid groups (broad SMARTS) is 1. The van der Waals surface area contributed by atoms with Crippen LogP contribution in [0, 0.1) is 14.1 Å². The first-order chi connectivity index (χ1) is 9.88. The van der Waals surface area contributed by atoms with E-state index >= 15 is 0 Å². The van der Waals surface area contributed by atoms with Gasteiger partial charge in [-0.2, -0.15) is 0 Å². The van der Waals surface area contributed by atoms with Gasteiger partial charge in [-0.05, 0) is 17.8 Å². The molecule has 0 fully saturated rings. The van der Waals surface area contributed by atoms with Crippen molar-refractivity contribution in [2.75, 3.05) is 0 Å².